The number of carbonyl (C=O) groups is 1. The number of aldehydes is 1. The number of hydrogen-bond donors (Lipinski definition) is 0. The van der Waals surface area contributed by atoms with Crippen molar-refractivity contribution in [3.63, 3.8) is 0 Å². The number of thiophene rings is 1. The van der Waals surface area contributed by atoms with Gasteiger partial charge in [-0.1, -0.05) is 11.6 Å². The number of carbonyl (C=O) groups excluding carboxylic acids is 1. The first-order valence-corrected chi connectivity index (χ1v) is 4.92. The van der Waals surface area contributed by atoms with E-state index in [0.717, 1.165) is 22.1 Å². The maximum atomic E-state index is 10.5. The molecule has 2 aromatic heterocycles. The lowest BCUT2D eigenvalue weighted by molar-refractivity contribution is 0.112. The minimum atomic E-state index is 0.480. The Morgan fingerprint density at radius 2 is 2.31 bits per heavy atom. The molecule has 4 heteroatoms. The molecular formula is C9H6ClNOS. The van der Waals surface area contributed by atoms with Crippen LogP contribution in [0.3, 0.4) is 0 Å². The zero-order chi connectivity index (χ0) is 9.42. The van der Waals surface area contributed by atoms with Crippen LogP contribution in [-0.4, -0.2) is 11.3 Å². The van der Waals surface area contributed by atoms with Gasteiger partial charge < -0.3 is 0 Å². The van der Waals surface area contributed by atoms with Gasteiger partial charge in [-0.15, -0.1) is 11.3 Å². The molecule has 0 spiro atoms. The van der Waals surface area contributed by atoms with E-state index in [1.165, 1.54) is 11.3 Å². The molecule has 0 bridgehead atoms. The first-order valence-electron chi connectivity index (χ1n) is 3.72. The van der Waals surface area contributed by atoms with Crippen LogP contribution in [0.15, 0.2) is 12.1 Å². The van der Waals surface area contributed by atoms with E-state index in [-0.39, 0.29) is 0 Å². The highest BCUT2D eigenvalue weighted by atomic mass is 35.5. The lowest BCUT2D eigenvalue weighted by atomic mass is 10.3. The SMILES string of the molecule is Cc1cc2cc(C=O)sc2c(Cl)n1. The fourth-order valence-corrected chi connectivity index (χ4v) is 2.41. The predicted octanol–water partition coefficient (Wildman–Crippen LogP) is 3.07. The van der Waals surface area contributed by atoms with Gasteiger partial charge >= 0.3 is 0 Å². The third-order valence-electron chi connectivity index (χ3n) is 1.72. The Morgan fingerprint density at radius 1 is 1.54 bits per heavy atom. The molecule has 0 fully saturated rings. The number of nitrogens with zero attached hydrogens (tertiary/aromatic N) is 1. The third-order valence-corrected chi connectivity index (χ3v) is 3.19. The fraction of sp³-hybridized carbons (Fsp3) is 0.111. The van der Waals surface area contributed by atoms with Crippen molar-refractivity contribution in [1.82, 2.24) is 4.98 Å². The Morgan fingerprint density at radius 3 is 3.00 bits per heavy atom. The van der Waals surface area contributed by atoms with Gasteiger partial charge in [-0.3, -0.25) is 4.79 Å². The number of fused-ring (bicyclic) bond motifs is 1. The normalized spacial score (nSPS) is 10.6. The summed E-state index contributed by atoms with van der Waals surface area (Å²) in [6.45, 7) is 1.88. The summed E-state index contributed by atoms with van der Waals surface area (Å²) in [6, 6.07) is 3.75. The van der Waals surface area contributed by atoms with Crippen molar-refractivity contribution in [2.24, 2.45) is 0 Å². The van der Waals surface area contributed by atoms with Gasteiger partial charge in [-0.05, 0) is 24.4 Å². The van der Waals surface area contributed by atoms with Gasteiger partial charge in [0, 0.05) is 5.69 Å². The van der Waals surface area contributed by atoms with Gasteiger partial charge in [0.15, 0.2) is 6.29 Å². The number of aryl methyl sites for hydroxylation is 1. The summed E-state index contributed by atoms with van der Waals surface area (Å²) in [4.78, 5) is 15.3. The minimum Gasteiger partial charge on any atom is -0.297 e. The van der Waals surface area contributed by atoms with E-state index in [0.29, 0.717) is 10.0 Å². The highest BCUT2D eigenvalue weighted by molar-refractivity contribution is 7.21. The summed E-state index contributed by atoms with van der Waals surface area (Å²) in [6.07, 6.45) is 0.830. The number of rotatable bonds is 1. The summed E-state index contributed by atoms with van der Waals surface area (Å²) >= 11 is 7.29. The second-order valence-corrected chi connectivity index (χ2v) is 4.18. The highest BCUT2D eigenvalue weighted by Crippen LogP contribution is 2.30. The van der Waals surface area contributed by atoms with E-state index in [2.05, 4.69) is 4.98 Å². The molecule has 0 aliphatic heterocycles. The van der Waals surface area contributed by atoms with Crippen LogP contribution < -0.4 is 0 Å². The summed E-state index contributed by atoms with van der Waals surface area (Å²) in [5, 5.41) is 1.47. The first kappa shape index (κ1) is 8.66. The van der Waals surface area contributed by atoms with Crippen molar-refractivity contribution in [2.75, 3.05) is 0 Å². The molecule has 0 aromatic carbocycles. The Hall–Kier alpha value is -0.930. The van der Waals surface area contributed by atoms with E-state index in [1.807, 2.05) is 19.1 Å². The van der Waals surface area contributed by atoms with Gasteiger partial charge in [0.05, 0.1) is 9.58 Å². The molecule has 0 unspecified atom stereocenters. The molecule has 0 aliphatic carbocycles. The maximum Gasteiger partial charge on any atom is 0.160 e. The van der Waals surface area contributed by atoms with Crippen LogP contribution in [-0.2, 0) is 0 Å². The number of halogens is 1. The van der Waals surface area contributed by atoms with E-state index >= 15 is 0 Å². The summed E-state index contributed by atoms with van der Waals surface area (Å²) in [7, 11) is 0. The monoisotopic (exact) mass is 211 g/mol. The van der Waals surface area contributed by atoms with Crippen LogP contribution >= 0.6 is 22.9 Å². The zero-order valence-corrected chi connectivity index (χ0v) is 8.45. The van der Waals surface area contributed by atoms with Crippen LogP contribution in [0.4, 0.5) is 0 Å². The first-order chi connectivity index (χ1) is 6.20. The molecule has 13 heavy (non-hydrogen) atoms. The van der Waals surface area contributed by atoms with Gasteiger partial charge in [-0.25, -0.2) is 4.98 Å². The van der Waals surface area contributed by atoms with Crippen molar-refractivity contribution >= 4 is 39.3 Å². The molecule has 66 valence electrons. The Bertz CT molecular complexity index is 478. The Balaban J connectivity index is 2.82. The molecule has 2 heterocycles. The smallest absolute Gasteiger partial charge is 0.160 e. The van der Waals surface area contributed by atoms with Crippen LogP contribution in [0.2, 0.25) is 5.15 Å². The van der Waals surface area contributed by atoms with Crippen molar-refractivity contribution < 1.29 is 4.79 Å². The standard InChI is InChI=1S/C9H6ClNOS/c1-5-2-6-3-7(4-12)13-8(6)9(10)11-5/h2-4H,1H3. The summed E-state index contributed by atoms with van der Waals surface area (Å²) in [5.74, 6) is 0. The fourth-order valence-electron chi connectivity index (χ4n) is 1.21. The second-order valence-electron chi connectivity index (χ2n) is 2.74. The molecule has 0 saturated carbocycles. The van der Waals surface area contributed by atoms with Crippen LogP contribution in [0.1, 0.15) is 15.4 Å². The van der Waals surface area contributed by atoms with Gasteiger partial charge in [0.25, 0.3) is 0 Å². The molecule has 2 rings (SSSR count). The van der Waals surface area contributed by atoms with E-state index in [4.69, 9.17) is 11.6 Å². The van der Waals surface area contributed by atoms with Gasteiger partial charge in [0.1, 0.15) is 5.15 Å². The number of aromatic nitrogens is 1. The quantitative estimate of drug-likeness (QED) is 0.536. The van der Waals surface area contributed by atoms with Gasteiger partial charge in [-0.2, -0.15) is 0 Å². The van der Waals surface area contributed by atoms with Crippen LogP contribution in [0, 0.1) is 6.92 Å². The summed E-state index contributed by atoms with van der Waals surface area (Å²) in [5.41, 5.74) is 0.868. The van der Waals surface area contributed by atoms with Crippen molar-refractivity contribution in [3.05, 3.63) is 27.9 Å². The second kappa shape index (κ2) is 3.09. The Labute approximate surface area is 84.2 Å². The molecule has 2 nitrogen and oxygen atoms in total. The molecular weight excluding hydrogens is 206 g/mol. The molecule has 0 aliphatic rings. The average molecular weight is 212 g/mol. The highest BCUT2D eigenvalue weighted by Gasteiger charge is 2.06. The molecule has 0 atom stereocenters. The average Bonchev–Trinajstić information content (AvgIpc) is 2.47. The van der Waals surface area contributed by atoms with Gasteiger partial charge in [0.2, 0.25) is 0 Å². The topological polar surface area (TPSA) is 30.0 Å². The van der Waals surface area contributed by atoms with Crippen LogP contribution in [0.5, 0.6) is 0 Å². The molecule has 2 aromatic rings. The van der Waals surface area contributed by atoms with Crippen molar-refractivity contribution in [2.45, 2.75) is 6.92 Å². The molecule has 0 amide bonds. The molecule has 0 N–H and O–H groups in total. The number of hydrogen-bond acceptors (Lipinski definition) is 3. The molecule has 0 radical (unpaired) electrons. The van der Waals surface area contributed by atoms with Crippen molar-refractivity contribution in [1.29, 1.82) is 0 Å². The largest absolute Gasteiger partial charge is 0.297 e. The van der Waals surface area contributed by atoms with E-state index < -0.39 is 0 Å². The number of pyridine rings is 1. The lowest BCUT2D eigenvalue weighted by Crippen LogP contribution is -1.79. The van der Waals surface area contributed by atoms with E-state index in [1.54, 1.807) is 0 Å². The third kappa shape index (κ3) is 1.45. The summed E-state index contributed by atoms with van der Waals surface area (Å²) < 4.78 is 0.884. The predicted molar refractivity (Wildman–Crippen MR) is 54.8 cm³/mol. The molecule has 0 saturated heterocycles. The van der Waals surface area contributed by atoms with E-state index in [9.17, 15) is 4.79 Å². The lowest BCUT2D eigenvalue weighted by Gasteiger charge is -1.94. The van der Waals surface area contributed by atoms with Crippen LogP contribution in [0.25, 0.3) is 10.1 Å². The maximum absolute atomic E-state index is 10.5. The Kier molecular flexibility index (Phi) is 2.06. The zero-order valence-electron chi connectivity index (χ0n) is 6.87. The van der Waals surface area contributed by atoms with Crippen molar-refractivity contribution in [3.8, 4) is 0 Å². The minimum absolute atomic E-state index is 0.480.